The van der Waals surface area contributed by atoms with Crippen LogP contribution in [-0.2, 0) is 4.74 Å². The smallest absolute Gasteiger partial charge is 0.341 e. The van der Waals surface area contributed by atoms with Gasteiger partial charge in [-0.1, -0.05) is 12.1 Å². The molecule has 2 heterocycles. The van der Waals surface area contributed by atoms with E-state index in [0.29, 0.717) is 22.5 Å². The van der Waals surface area contributed by atoms with Gasteiger partial charge in [0.1, 0.15) is 11.4 Å². The van der Waals surface area contributed by atoms with Crippen molar-refractivity contribution in [3.05, 3.63) is 60.2 Å². The van der Waals surface area contributed by atoms with Gasteiger partial charge in [-0.2, -0.15) is 0 Å². The Morgan fingerprint density at radius 1 is 1.25 bits per heavy atom. The Balaban J connectivity index is 2.21. The van der Waals surface area contributed by atoms with Crippen molar-refractivity contribution in [3.8, 4) is 11.3 Å². The van der Waals surface area contributed by atoms with Crippen molar-refractivity contribution in [2.75, 3.05) is 7.11 Å². The molecule has 100 valence electrons. The Morgan fingerprint density at radius 3 is 2.80 bits per heavy atom. The van der Waals surface area contributed by atoms with Crippen molar-refractivity contribution in [2.24, 2.45) is 0 Å². The number of pyridine rings is 1. The molecule has 0 amide bonds. The minimum absolute atomic E-state index is 0.345. The van der Waals surface area contributed by atoms with E-state index in [1.54, 1.807) is 47.1 Å². The summed E-state index contributed by atoms with van der Waals surface area (Å²) in [5.74, 6) is -0.822. The van der Waals surface area contributed by atoms with Crippen molar-refractivity contribution in [1.82, 2.24) is 9.38 Å². The number of hydrogen-bond donors (Lipinski definition) is 0. The maximum absolute atomic E-state index is 13.8. The van der Waals surface area contributed by atoms with E-state index in [2.05, 4.69) is 4.98 Å². The Bertz CT molecular complexity index is 795. The third-order valence-electron chi connectivity index (χ3n) is 3.04. The molecular weight excluding hydrogens is 259 g/mol. The molecule has 3 rings (SSSR count). The van der Waals surface area contributed by atoms with Gasteiger partial charge in [-0.25, -0.2) is 14.2 Å². The zero-order valence-corrected chi connectivity index (χ0v) is 10.7. The molecule has 0 N–H and O–H groups in total. The van der Waals surface area contributed by atoms with Crippen LogP contribution in [0.4, 0.5) is 4.39 Å². The molecule has 0 aliphatic heterocycles. The first-order valence-corrected chi connectivity index (χ1v) is 6.01. The average Bonchev–Trinajstić information content (AvgIpc) is 2.90. The van der Waals surface area contributed by atoms with Gasteiger partial charge in [-0.15, -0.1) is 0 Å². The number of hydrogen-bond acceptors (Lipinski definition) is 3. The van der Waals surface area contributed by atoms with Gasteiger partial charge in [-0.05, 0) is 24.3 Å². The van der Waals surface area contributed by atoms with Crippen LogP contribution in [0.25, 0.3) is 16.9 Å². The molecule has 0 bridgehead atoms. The Morgan fingerprint density at radius 2 is 2.05 bits per heavy atom. The molecule has 0 saturated heterocycles. The highest BCUT2D eigenvalue weighted by Crippen LogP contribution is 2.23. The summed E-state index contributed by atoms with van der Waals surface area (Å²) in [5.41, 5.74) is 1.65. The summed E-state index contributed by atoms with van der Waals surface area (Å²) in [5, 5.41) is 0. The highest BCUT2D eigenvalue weighted by atomic mass is 19.1. The van der Waals surface area contributed by atoms with Crippen LogP contribution in [0.15, 0.2) is 48.8 Å². The zero-order chi connectivity index (χ0) is 14.1. The van der Waals surface area contributed by atoms with Gasteiger partial charge in [0.05, 0.1) is 12.8 Å². The van der Waals surface area contributed by atoms with Gasteiger partial charge in [0.15, 0.2) is 5.65 Å². The predicted octanol–water partition coefficient (Wildman–Crippen LogP) is 2.93. The summed E-state index contributed by atoms with van der Waals surface area (Å²) < 4.78 is 20.2. The van der Waals surface area contributed by atoms with Crippen molar-refractivity contribution >= 4 is 11.6 Å². The number of aromatic nitrogens is 2. The molecule has 0 aliphatic rings. The topological polar surface area (TPSA) is 43.6 Å². The summed E-state index contributed by atoms with van der Waals surface area (Å²) >= 11 is 0. The summed E-state index contributed by atoms with van der Waals surface area (Å²) in [6.07, 6.45) is 3.43. The first-order valence-electron chi connectivity index (χ1n) is 6.01. The van der Waals surface area contributed by atoms with Gasteiger partial charge in [0.25, 0.3) is 0 Å². The van der Waals surface area contributed by atoms with Crippen LogP contribution in [-0.4, -0.2) is 22.5 Å². The molecule has 2 aromatic heterocycles. The standard InChI is InChI=1S/C15H11FN2O2/c1-20-15(19)11-6-4-8-18-9-13(17-14(11)18)10-5-2-3-7-12(10)16/h2-9H,1H3. The fourth-order valence-corrected chi connectivity index (χ4v) is 2.08. The quantitative estimate of drug-likeness (QED) is 0.672. The third-order valence-corrected chi connectivity index (χ3v) is 3.04. The van der Waals surface area contributed by atoms with Crippen LogP contribution in [0, 0.1) is 5.82 Å². The van der Waals surface area contributed by atoms with Crippen LogP contribution in [0.3, 0.4) is 0 Å². The maximum Gasteiger partial charge on any atom is 0.341 e. The molecule has 0 aliphatic carbocycles. The lowest BCUT2D eigenvalue weighted by Gasteiger charge is -2.00. The molecule has 0 saturated carbocycles. The molecular formula is C15H11FN2O2. The van der Waals surface area contributed by atoms with E-state index in [4.69, 9.17) is 4.74 Å². The number of rotatable bonds is 2. The van der Waals surface area contributed by atoms with Crippen LogP contribution in [0.2, 0.25) is 0 Å². The third kappa shape index (κ3) is 1.93. The van der Waals surface area contributed by atoms with Crippen LogP contribution >= 0.6 is 0 Å². The number of halogens is 1. The second-order valence-electron chi connectivity index (χ2n) is 4.25. The number of esters is 1. The lowest BCUT2D eigenvalue weighted by atomic mass is 10.1. The molecule has 5 heteroatoms. The minimum Gasteiger partial charge on any atom is -0.465 e. The van der Waals surface area contributed by atoms with Crippen molar-refractivity contribution < 1.29 is 13.9 Å². The first kappa shape index (κ1) is 12.3. The van der Waals surface area contributed by atoms with E-state index in [9.17, 15) is 9.18 Å². The van der Waals surface area contributed by atoms with E-state index in [1.807, 2.05) is 0 Å². The average molecular weight is 270 g/mol. The van der Waals surface area contributed by atoms with Crippen LogP contribution < -0.4 is 0 Å². The Kier molecular flexibility index (Phi) is 2.95. The Hall–Kier alpha value is -2.69. The fourth-order valence-electron chi connectivity index (χ4n) is 2.08. The number of imidazole rings is 1. The van der Waals surface area contributed by atoms with Gasteiger partial charge in [-0.3, -0.25) is 0 Å². The largest absolute Gasteiger partial charge is 0.465 e. The monoisotopic (exact) mass is 270 g/mol. The fraction of sp³-hybridized carbons (Fsp3) is 0.0667. The van der Waals surface area contributed by atoms with Gasteiger partial charge < -0.3 is 9.14 Å². The SMILES string of the molecule is COC(=O)c1cccn2cc(-c3ccccc3F)nc12. The molecule has 0 fully saturated rings. The number of ether oxygens (including phenoxy) is 1. The Labute approximate surface area is 114 Å². The lowest BCUT2D eigenvalue weighted by molar-refractivity contribution is 0.0602. The highest BCUT2D eigenvalue weighted by Gasteiger charge is 2.15. The lowest BCUT2D eigenvalue weighted by Crippen LogP contribution is -2.03. The molecule has 1 aromatic carbocycles. The molecule has 4 nitrogen and oxygen atoms in total. The molecule has 0 atom stereocenters. The normalized spacial score (nSPS) is 10.7. The van der Waals surface area contributed by atoms with Gasteiger partial charge in [0, 0.05) is 18.0 Å². The highest BCUT2D eigenvalue weighted by molar-refractivity contribution is 5.96. The minimum atomic E-state index is -0.471. The van der Waals surface area contributed by atoms with E-state index in [0.717, 1.165) is 0 Å². The molecule has 3 aromatic rings. The van der Waals surface area contributed by atoms with Crippen molar-refractivity contribution in [3.63, 3.8) is 0 Å². The summed E-state index contributed by atoms with van der Waals surface area (Å²) in [4.78, 5) is 16.0. The summed E-state index contributed by atoms with van der Waals surface area (Å²) in [6, 6.07) is 9.72. The summed E-state index contributed by atoms with van der Waals surface area (Å²) in [6.45, 7) is 0. The second kappa shape index (κ2) is 4.77. The van der Waals surface area contributed by atoms with Crippen molar-refractivity contribution in [2.45, 2.75) is 0 Å². The number of carbonyl (C=O) groups is 1. The predicted molar refractivity (Wildman–Crippen MR) is 71.9 cm³/mol. The van der Waals surface area contributed by atoms with Gasteiger partial charge in [0.2, 0.25) is 0 Å². The molecule has 20 heavy (non-hydrogen) atoms. The number of benzene rings is 1. The maximum atomic E-state index is 13.8. The zero-order valence-electron chi connectivity index (χ0n) is 10.7. The number of fused-ring (bicyclic) bond motifs is 1. The molecule has 0 radical (unpaired) electrons. The van der Waals surface area contributed by atoms with Gasteiger partial charge >= 0.3 is 5.97 Å². The van der Waals surface area contributed by atoms with Crippen LogP contribution in [0.5, 0.6) is 0 Å². The molecule has 0 unspecified atom stereocenters. The second-order valence-corrected chi connectivity index (χ2v) is 4.25. The van der Waals surface area contributed by atoms with E-state index < -0.39 is 5.97 Å². The van der Waals surface area contributed by atoms with Crippen molar-refractivity contribution in [1.29, 1.82) is 0 Å². The van der Waals surface area contributed by atoms with E-state index in [-0.39, 0.29) is 5.82 Å². The number of carbonyl (C=O) groups excluding carboxylic acids is 1. The number of nitrogens with zero attached hydrogens (tertiary/aromatic N) is 2. The van der Waals surface area contributed by atoms with E-state index in [1.165, 1.54) is 13.2 Å². The van der Waals surface area contributed by atoms with Crippen LogP contribution in [0.1, 0.15) is 10.4 Å². The van der Waals surface area contributed by atoms with E-state index >= 15 is 0 Å². The first-order chi connectivity index (χ1) is 9.70. The molecule has 0 spiro atoms. The summed E-state index contributed by atoms with van der Waals surface area (Å²) in [7, 11) is 1.31. The number of methoxy groups -OCH3 is 1.